The SMILES string of the molecule is COc1cc(/C=C/C(=O)OCC(=O)Nc2sccc2C(N)=O)cc(OC)c1. The number of esters is 1. The van der Waals surface area contributed by atoms with Crippen LogP contribution in [0.5, 0.6) is 11.5 Å². The van der Waals surface area contributed by atoms with E-state index in [1.165, 1.54) is 32.4 Å². The fourth-order valence-corrected chi connectivity index (χ4v) is 2.85. The molecule has 1 heterocycles. The highest BCUT2D eigenvalue weighted by Crippen LogP contribution is 2.23. The molecule has 8 nitrogen and oxygen atoms in total. The summed E-state index contributed by atoms with van der Waals surface area (Å²) in [6, 6.07) is 6.62. The van der Waals surface area contributed by atoms with Gasteiger partial charge in [0, 0.05) is 12.1 Å². The Morgan fingerprint density at radius 1 is 1.15 bits per heavy atom. The van der Waals surface area contributed by atoms with E-state index >= 15 is 0 Å². The minimum Gasteiger partial charge on any atom is -0.497 e. The second-order valence-electron chi connectivity index (χ2n) is 5.16. The second-order valence-corrected chi connectivity index (χ2v) is 6.08. The van der Waals surface area contributed by atoms with Crippen LogP contribution in [0, 0.1) is 0 Å². The van der Waals surface area contributed by atoms with Gasteiger partial charge < -0.3 is 25.3 Å². The quantitative estimate of drug-likeness (QED) is 0.526. The molecule has 9 heteroatoms. The molecule has 0 saturated carbocycles. The Kier molecular flexibility index (Phi) is 6.95. The number of primary amides is 1. The summed E-state index contributed by atoms with van der Waals surface area (Å²) < 4.78 is 15.2. The number of nitrogens with two attached hydrogens (primary N) is 1. The largest absolute Gasteiger partial charge is 0.497 e. The lowest BCUT2D eigenvalue weighted by Gasteiger charge is -2.06. The third-order valence-corrected chi connectivity index (χ3v) is 4.14. The highest BCUT2D eigenvalue weighted by Gasteiger charge is 2.13. The molecule has 0 saturated heterocycles. The highest BCUT2D eigenvalue weighted by atomic mass is 32.1. The minimum absolute atomic E-state index is 0.201. The van der Waals surface area contributed by atoms with Crippen LogP contribution in [0.2, 0.25) is 0 Å². The molecular formula is C18H18N2O6S. The Labute approximate surface area is 159 Å². The summed E-state index contributed by atoms with van der Waals surface area (Å²) in [7, 11) is 3.04. The molecule has 0 aliphatic rings. The Morgan fingerprint density at radius 3 is 2.41 bits per heavy atom. The first-order valence-electron chi connectivity index (χ1n) is 7.68. The van der Waals surface area contributed by atoms with Crippen molar-refractivity contribution in [2.45, 2.75) is 0 Å². The molecule has 0 fully saturated rings. The van der Waals surface area contributed by atoms with E-state index in [9.17, 15) is 14.4 Å². The number of amides is 2. The van der Waals surface area contributed by atoms with Crippen molar-refractivity contribution in [3.63, 3.8) is 0 Å². The number of benzene rings is 1. The smallest absolute Gasteiger partial charge is 0.331 e. The first-order valence-corrected chi connectivity index (χ1v) is 8.56. The van der Waals surface area contributed by atoms with Crippen LogP contribution >= 0.6 is 11.3 Å². The number of hydrogen-bond acceptors (Lipinski definition) is 7. The van der Waals surface area contributed by atoms with E-state index in [0.717, 1.165) is 11.3 Å². The van der Waals surface area contributed by atoms with E-state index in [4.69, 9.17) is 19.9 Å². The van der Waals surface area contributed by atoms with Gasteiger partial charge in [-0.25, -0.2) is 4.79 Å². The molecule has 0 radical (unpaired) electrons. The van der Waals surface area contributed by atoms with Gasteiger partial charge in [-0.05, 0) is 35.2 Å². The van der Waals surface area contributed by atoms with Gasteiger partial charge in [0.1, 0.15) is 16.5 Å². The Bertz CT molecular complexity index is 852. The van der Waals surface area contributed by atoms with Crippen LogP contribution in [-0.2, 0) is 14.3 Å². The van der Waals surface area contributed by atoms with Crippen molar-refractivity contribution in [1.29, 1.82) is 0 Å². The molecule has 2 aromatic rings. The summed E-state index contributed by atoms with van der Waals surface area (Å²) >= 11 is 1.14. The number of anilines is 1. The zero-order chi connectivity index (χ0) is 19.8. The molecule has 0 aliphatic carbocycles. The first-order chi connectivity index (χ1) is 12.9. The molecule has 2 rings (SSSR count). The van der Waals surface area contributed by atoms with Crippen LogP contribution in [0.4, 0.5) is 5.00 Å². The summed E-state index contributed by atoms with van der Waals surface area (Å²) in [6.45, 7) is -0.499. The maximum absolute atomic E-state index is 11.8. The first kappa shape index (κ1) is 20.0. The Balaban J connectivity index is 1.90. The second kappa shape index (κ2) is 9.39. The van der Waals surface area contributed by atoms with Crippen LogP contribution in [-0.4, -0.2) is 38.6 Å². The minimum atomic E-state index is -0.701. The molecule has 3 N–H and O–H groups in total. The summed E-state index contributed by atoms with van der Waals surface area (Å²) in [4.78, 5) is 34.8. The summed E-state index contributed by atoms with van der Waals surface area (Å²) in [6.07, 6.45) is 2.69. The van der Waals surface area contributed by atoms with Gasteiger partial charge in [0.15, 0.2) is 6.61 Å². The van der Waals surface area contributed by atoms with Gasteiger partial charge in [-0.3, -0.25) is 9.59 Å². The number of hydrogen-bond donors (Lipinski definition) is 2. The molecule has 142 valence electrons. The van der Waals surface area contributed by atoms with Crippen LogP contribution in [0.15, 0.2) is 35.7 Å². The number of rotatable bonds is 8. The zero-order valence-electron chi connectivity index (χ0n) is 14.7. The van der Waals surface area contributed by atoms with Crippen LogP contribution in [0.1, 0.15) is 15.9 Å². The number of carbonyl (C=O) groups excluding carboxylic acids is 3. The van der Waals surface area contributed by atoms with E-state index in [2.05, 4.69) is 5.32 Å². The van der Waals surface area contributed by atoms with Crippen molar-refractivity contribution >= 4 is 40.2 Å². The van der Waals surface area contributed by atoms with Crippen molar-refractivity contribution in [1.82, 2.24) is 0 Å². The summed E-state index contributed by atoms with van der Waals surface area (Å²) in [5, 5.41) is 4.40. The molecule has 0 aliphatic heterocycles. The van der Waals surface area contributed by atoms with Crippen molar-refractivity contribution in [2.24, 2.45) is 5.73 Å². The van der Waals surface area contributed by atoms with Crippen LogP contribution in [0.25, 0.3) is 6.08 Å². The summed E-state index contributed by atoms with van der Waals surface area (Å²) in [5.41, 5.74) is 6.06. The topological polar surface area (TPSA) is 117 Å². The molecule has 0 unspecified atom stereocenters. The molecule has 1 aromatic heterocycles. The lowest BCUT2D eigenvalue weighted by molar-refractivity contribution is -0.142. The predicted molar refractivity (Wildman–Crippen MR) is 101 cm³/mol. The monoisotopic (exact) mass is 390 g/mol. The lowest BCUT2D eigenvalue weighted by Crippen LogP contribution is -2.21. The van der Waals surface area contributed by atoms with Crippen LogP contribution < -0.4 is 20.5 Å². The van der Waals surface area contributed by atoms with Gasteiger partial charge in [-0.1, -0.05) is 0 Å². The van der Waals surface area contributed by atoms with E-state index < -0.39 is 24.4 Å². The average molecular weight is 390 g/mol. The normalized spacial score (nSPS) is 10.4. The number of thiophene rings is 1. The van der Waals surface area contributed by atoms with Gasteiger partial charge in [0.25, 0.3) is 11.8 Å². The van der Waals surface area contributed by atoms with Crippen LogP contribution in [0.3, 0.4) is 0 Å². The van der Waals surface area contributed by atoms with Crippen molar-refractivity contribution in [3.05, 3.63) is 46.8 Å². The fourth-order valence-electron chi connectivity index (χ4n) is 2.04. The Hall–Kier alpha value is -3.33. The van der Waals surface area contributed by atoms with Gasteiger partial charge >= 0.3 is 5.97 Å². The maximum atomic E-state index is 11.8. The number of methoxy groups -OCH3 is 2. The van der Waals surface area contributed by atoms with Gasteiger partial charge in [-0.2, -0.15) is 0 Å². The molecule has 1 aromatic carbocycles. The van der Waals surface area contributed by atoms with Crippen molar-refractivity contribution in [3.8, 4) is 11.5 Å². The van der Waals surface area contributed by atoms with E-state index in [0.29, 0.717) is 22.1 Å². The third kappa shape index (κ3) is 5.86. The molecule has 2 amide bonds. The standard InChI is InChI=1S/C18H18N2O6S/c1-24-12-7-11(8-13(9-12)25-2)3-4-16(22)26-10-15(21)20-18-14(17(19)23)5-6-27-18/h3-9H,10H2,1-2H3,(H2,19,23)(H,20,21)/b4-3+. The lowest BCUT2D eigenvalue weighted by atomic mass is 10.2. The third-order valence-electron chi connectivity index (χ3n) is 3.31. The molecule has 27 heavy (non-hydrogen) atoms. The summed E-state index contributed by atoms with van der Waals surface area (Å²) in [5.74, 6) is -0.788. The fraction of sp³-hybridized carbons (Fsp3) is 0.167. The number of nitrogens with one attached hydrogen (secondary N) is 1. The molecular weight excluding hydrogens is 372 g/mol. The predicted octanol–water partition coefficient (Wildman–Crippen LogP) is 2.06. The van der Waals surface area contributed by atoms with Gasteiger partial charge in [0.2, 0.25) is 0 Å². The number of carbonyl (C=O) groups is 3. The van der Waals surface area contributed by atoms with E-state index in [1.807, 2.05) is 0 Å². The Morgan fingerprint density at radius 2 is 1.81 bits per heavy atom. The highest BCUT2D eigenvalue weighted by molar-refractivity contribution is 7.14. The van der Waals surface area contributed by atoms with Gasteiger partial charge in [0.05, 0.1) is 19.8 Å². The maximum Gasteiger partial charge on any atom is 0.331 e. The molecule has 0 bridgehead atoms. The van der Waals surface area contributed by atoms with Crippen molar-refractivity contribution < 1.29 is 28.6 Å². The molecule has 0 atom stereocenters. The zero-order valence-corrected chi connectivity index (χ0v) is 15.5. The van der Waals surface area contributed by atoms with E-state index in [-0.39, 0.29) is 5.56 Å². The molecule has 0 spiro atoms. The average Bonchev–Trinajstić information content (AvgIpc) is 3.12. The number of ether oxygens (including phenoxy) is 3. The van der Waals surface area contributed by atoms with E-state index in [1.54, 1.807) is 23.6 Å². The van der Waals surface area contributed by atoms with Gasteiger partial charge in [-0.15, -0.1) is 11.3 Å². The van der Waals surface area contributed by atoms with Crippen molar-refractivity contribution in [2.75, 3.05) is 26.1 Å².